The third-order valence-corrected chi connectivity index (χ3v) is 6.65. The number of aryl methyl sites for hydroxylation is 1. The van der Waals surface area contributed by atoms with Gasteiger partial charge in [-0.2, -0.15) is 0 Å². The lowest BCUT2D eigenvalue weighted by molar-refractivity contribution is 0.110. The molecule has 1 rings (SSSR count). The van der Waals surface area contributed by atoms with E-state index in [4.69, 9.17) is 9.05 Å². The molecule has 0 aliphatic rings. The van der Waals surface area contributed by atoms with E-state index < -0.39 is 7.82 Å². The second kappa shape index (κ2) is 20.0. The smallest absolute Gasteiger partial charge is 0.302 e. The molecule has 0 bridgehead atoms. The predicted octanol–water partition coefficient (Wildman–Crippen LogP) is 8.58. The maximum Gasteiger partial charge on any atom is 0.472 e. The molecule has 0 aliphatic heterocycles. The molecule has 0 heterocycles. The zero-order valence-corrected chi connectivity index (χ0v) is 21.7. The molecule has 182 valence electrons. The van der Waals surface area contributed by atoms with Gasteiger partial charge in [0.2, 0.25) is 0 Å². The first-order valence-corrected chi connectivity index (χ1v) is 14.1. The van der Waals surface area contributed by atoms with Gasteiger partial charge < -0.3 is 4.89 Å². The van der Waals surface area contributed by atoms with E-state index in [1.165, 1.54) is 24.8 Å². The van der Waals surface area contributed by atoms with Crippen molar-refractivity contribution in [2.75, 3.05) is 13.2 Å². The minimum atomic E-state index is -3.89. The summed E-state index contributed by atoms with van der Waals surface area (Å²) in [7, 11) is -3.89. The molecule has 0 radical (unpaired) electrons. The molecule has 1 aromatic carbocycles. The van der Waals surface area contributed by atoms with Crippen LogP contribution in [0.2, 0.25) is 0 Å². The number of hydrogen-bond acceptors (Lipinski definition) is 3. The van der Waals surface area contributed by atoms with Crippen LogP contribution < -0.4 is 0 Å². The Kier molecular flexibility index (Phi) is 19.5. The molecule has 2 unspecified atom stereocenters. The molecule has 0 amide bonds. The molecule has 0 saturated heterocycles. The average molecular weight is 457 g/mol. The van der Waals surface area contributed by atoms with Gasteiger partial charge in [0, 0.05) is 0 Å². The fourth-order valence-corrected chi connectivity index (χ4v) is 4.13. The number of phosphoric ester groups is 1. The van der Waals surface area contributed by atoms with Crippen molar-refractivity contribution in [3.05, 3.63) is 35.9 Å². The molecule has 0 spiro atoms. The highest BCUT2D eigenvalue weighted by Crippen LogP contribution is 2.44. The highest BCUT2D eigenvalue weighted by molar-refractivity contribution is 7.47. The Hall–Kier alpha value is -0.670. The maximum absolute atomic E-state index is 11.9. The van der Waals surface area contributed by atoms with Gasteiger partial charge in [-0.15, -0.1) is 0 Å². The van der Waals surface area contributed by atoms with Crippen molar-refractivity contribution in [2.24, 2.45) is 11.8 Å². The Labute approximate surface area is 192 Å². The van der Waals surface area contributed by atoms with Crippen molar-refractivity contribution in [1.29, 1.82) is 0 Å². The summed E-state index contributed by atoms with van der Waals surface area (Å²) in [4.78, 5) is 9.77. The minimum Gasteiger partial charge on any atom is -0.302 e. The third-order valence-electron chi connectivity index (χ3n) is 5.70. The fraction of sp³-hybridized carbons (Fsp3) is 0.769. The molecule has 4 nitrogen and oxygen atoms in total. The highest BCUT2D eigenvalue weighted by atomic mass is 31.2. The Morgan fingerprint density at radius 2 is 1.23 bits per heavy atom. The molecule has 5 heteroatoms. The number of phosphoric acid groups is 1. The van der Waals surface area contributed by atoms with E-state index in [2.05, 4.69) is 65.0 Å². The first-order chi connectivity index (χ1) is 14.9. The third kappa shape index (κ3) is 17.6. The Morgan fingerprint density at radius 1 is 0.774 bits per heavy atom. The minimum absolute atomic E-state index is 0.316. The fourth-order valence-electron chi connectivity index (χ4n) is 3.26. The summed E-state index contributed by atoms with van der Waals surface area (Å²) in [5.41, 5.74) is 1.46. The first kappa shape index (κ1) is 30.3. The molecule has 0 saturated carbocycles. The average Bonchev–Trinajstić information content (AvgIpc) is 2.79. The van der Waals surface area contributed by atoms with Crippen molar-refractivity contribution in [2.45, 2.75) is 105 Å². The summed E-state index contributed by atoms with van der Waals surface area (Å²) >= 11 is 0. The quantitative estimate of drug-likeness (QED) is 0.238. The lowest BCUT2D eigenvalue weighted by Gasteiger charge is -2.20. The standard InChI is InChI=1S/C16H35O4P.C10H14/c1-5-9-11-15(7-3)13-19-21(17,18)20-14-16(8-4)12-10-6-2;1-2-3-7-10-8-5-4-6-9-10/h15-16H,5-14H2,1-4H3,(H,17,18);4-6,8-9H,2-3,7H2,1H3. The molecule has 0 aliphatic carbocycles. The van der Waals surface area contributed by atoms with Gasteiger partial charge in [-0.1, -0.05) is 110 Å². The lowest BCUT2D eigenvalue weighted by atomic mass is 10.0. The molecular formula is C26H49O4P. The zero-order valence-electron chi connectivity index (χ0n) is 20.9. The number of unbranched alkanes of at least 4 members (excludes halogenated alkanes) is 3. The van der Waals surface area contributed by atoms with E-state index >= 15 is 0 Å². The Bertz CT molecular complexity index is 526. The van der Waals surface area contributed by atoms with Crippen molar-refractivity contribution in [3.8, 4) is 0 Å². The van der Waals surface area contributed by atoms with E-state index in [1.807, 2.05) is 0 Å². The van der Waals surface area contributed by atoms with Gasteiger partial charge >= 0.3 is 7.82 Å². The highest BCUT2D eigenvalue weighted by Gasteiger charge is 2.24. The summed E-state index contributed by atoms with van der Waals surface area (Å²) in [6, 6.07) is 10.6. The molecular weight excluding hydrogens is 407 g/mol. The van der Waals surface area contributed by atoms with Crippen molar-refractivity contribution in [1.82, 2.24) is 0 Å². The van der Waals surface area contributed by atoms with Crippen LogP contribution in [0.3, 0.4) is 0 Å². The zero-order chi connectivity index (χ0) is 23.4. The number of hydrogen-bond donors (Lipinski definition) is 1. The monoisotopic (exact) mass is 456 g/mol. The number of benzene rings is 1. The van der Waals surface area contributed by atoms with Crippen molar-refractivity contribution >= 4 is 7.82 Å². The summed E-state index contributed by atoms with van der Waals surface area (Å²) in [6.45, 7) is 11.3. The van der Waals surface area contributed by atoms with Crippen LogP contribution in [0.5, 0.6) is 0 Å². The van der Waals surface area contributed by atoms with E-state index in [1.54, 1.807) is 0 Å². The van der Waals surface area contributed by atoms with Crippen LogP contribution in [0.15, 0.2) is 30.3 Å². The van der Waals surface area contributed by atoms with Gasteiger partial charge in [0.05, 0.1) is 13.2 Å². The first-order valence-electron chi connectivity index (χ1n) is 12.6. The second-order valence-corrected chi connectivity index (χ2v) is 9.94. The van der Waals surface area contributed by atoms with Crippen molar-refractivity contribution in [3.63, 3.8) is 0 Å². The van der Waals surface area contributed by atoms with E-state index in [-0.39, 0.29) is 0 Å². The summed E-state index contributed by atoms with van der Waals surface area (Å²) in [5, 5.41) is 0. The van der Waals surface area contributed by atoms with Crippen molar-refractivity contribution < 1.29 is 18.5 Å². The molecule has 0 aromatic heterocycles. The predicted molar refractivity (Wildman–Crippen MR) is 133 cm³/mol. The molecule has 31 heavy (non-hydrogen) atoms. The summed E-state index contributed by atoms with van der Waals surface area (Å²) < 4.78 is 22.2. The largest absolute Gasteiger partial charge is 0.472 e. The molecule has 2 atom stereocenters. The number of rotatable bonds is 17. The van der Waals surface area contributed by atoms with E-state index in [0.717, 1.165) is 51.4 Å². The van der Waals surface area contributed by atoms with Crippen LogP contribution in [0.25, 0.3) is 0 Å². The van der Waals surface area contributed by atoms with E-state index in [0.29, 0.717) is 25.0 Å². The van der Waals surface area contributed by atoms with Crippen LogP contribution in [-0.2, 0) is 20.0 Å². The van der Waals surface area contributed by atoms with Gasteiger partial charge in [0.1, 0.15) is 0 Å². The molecule has 1 aromatic rings. The van der Waals surface area contributed by atoms with Crippen LogP contribution in [0, 0.1) is 11.8 Å². The van der Waals surface area contributed by atoms with Gasteiger partial charge in [0.25, 0.3) is 0 Å². The van der Waals surface area contributed by atoms with Crippen LogP contribution in [-0.4, -0.2) is 18.1 Å². The van der Waals surface area contributed by atoms with Crippen LogP contribution in [0.1, 0.15) is 104 Å². The molecule has 1 N–H and O–H groups in total. The Balaban J connectivity index is 0.000000743. The summed E-state index contributed by atoms with van der Waals surface area (Å²) in [5.74, 6) is 0.687. The van der Waals surface area contributed by atoms with Gasteiger partial charge in [-0.3, -0.25) is 9.05 Å². The van der Waals surface area contributed by atoms with E-state index in [9.17, 15) is 9.46 Å². The van der Waals surface area contributed by atoms with Gasteiger partial charge in [0.15, 0.2) is 0 Å². The molecule has 0 fully saturated rings. The second-order valence-electron chi connectivity index (χ2n) is 8.48. The van der Waals surface area contributed by atoms with Gasteiger partial charge in [-0.05, 0) is 43.1 Å². The Morgan fingerprint density at radius 3 is 1.61 bits per heavy atom. The summed E-state index contributed by atoms with van der Waals surface area (Å²) in [6.07, 6.45) is 12.4. The van der Waals surface area contributed by atoms with Gasteiger partial charge in [-0.25, -0.2) is 4.57 Å². The van der Waals surface area contributed by atoms with Crippen LogP contribution >= 0.6 is 7.82 Å². The topological polar surface area (TPSA) is 55.8 Å². The SMILES string of the molecule is CCCCC(CC)COP(=O)(O)OCC(CC)CCCC.CCCCc1ccccc1. The normalized spacial score (nSPS) is 14.9. The maximum atomic E-state index is 11.9. The van der Waals surface area contributed by atoms with Crippen LogP contribution in [0.4, 0.5) is 0 Å². The lowest BCUT2D eigenvalue weighted by Crippen LogP contribution is -2.12.